The number of carbonyl (C=O) groups is 1. The van der Waals surface area contributed by atoms with Crippen LogP contribution in [0.1, 0.15) is 45.9 Å². The van der Waals surface area contributed by atoms with Gasteiger partial charge in [0, 0.05) is 36.3 Å². The highest BCUT2D eigenvalue weighted by molar-refractivity contribution is 8.93. The van der Waals surface area contributed by atoms with Gasteiger partial charge in [0.1, 0.15) is 11.4 Å². The molecule has 0 unspecified atom stereocenters. The van der Waals surface area contributed by atoms with E-state index in [0.29, 0.717) is 24.0 Å². The van der Waals surface area contributed by atoms with E-state index in [1.54, 1.807) is 18.2 Å². The van der Waals surface area contributed by atoms with E-state index in [1.807, 2.05) is 17.6 Å². The smallest absolute Gasteiger partial charge is 0.341 e. The topological polar surface area (TPSA) is 71.3 Å². The second kappa shape index (κ2) is 7.07. The highest BCUT2D eigenvalue weighted by Crippen LogP contribution is 2.39. The fourth-order valence-corrected chi connectivity index (χ4v) is 4.26. The first kappa shape index (κ1) is 19.8. The van der Waals surface area contributed by atoms with E-state index in [0.717, 1.165) is 40.6 Å². The Labute approximate surface area is 176 Å². The Morgan fingerprint density at radius 2 is 2.00 bits per heavy atom. The second-order valence-electron chi connectivity index (χ2n) is 7.65. The molecule has 0 bridgehead atoms. The molecule has 29 heavy (non-hydrogen) atoms. The zero-order valence-corrected chi connectivity index (χ0v) is 17.5. The van der Waals surface area contributed by atoms with Crippen LogP contribution >= 0.6 is 17.0 Å². The molecule has 0 spiro atoms. The van der Waals surface area contributed by atoms with E-state index < -0.39 is 11.4 Å². The number of carboxylic acid groups (broad SMARTS) is 1. The van der Waals surface area contributed by atoms with Crippen molar-refractivity contribution < 1.29 is 14.3 Å². The van der Waals surface area contributed by atoms with Crippen molar-refractivity contribution in [2.75, 3.05) is 0 Å². The van der Waals surface area contributed by atoms with Gasteiger partial charge < -0.3 is 15.0 Å². The highest BCUT2D eigenvalue weighted by Gasteiger charge is 2.28. The second-order valence-corrected chi connectivity index (χ2v) is 7.65. The van der Waals surface area contributed by atoms with Crippen LogP contribution in [-0.2, 0) is 13.1 Å². The van der Waals surface area contributed by atoms with Crippen LogP contribution in [0.15, 0.2) is 35.3 Å². The lowest BCUT2D eigenvalue weighted by Crippen LogP contribution is -2.19. The van der Waals surface area contributed by atoms with E-state index in [4.69, 9.17) is 0 Å². The summed E-state index contributed by atoms with van der Waals surface area (Å²) in [6.07, 6.45) is 3.38. The molecule has 2 aromatic carbocycles. The molecule has 1 aliphatic carbocycles. The maximum Gasteiger partial charge on any atom is 0.341 e. The van der Waals surface area contributed by atoms with Gasteiger partial charge >= 0.3 is 5.97 Å². The molecule has 3 aromatic rings. The van der Waals surface area contributed by atoms with E-state index in [2.05, 4.69) is 5.32 Å². The van der Waals surface area contributed by atoms with E-state index >= 15 is 0 Å². The summed E-state index contributed by atoms with van der Waals surface area (Å²) in [7, 11) is 0. The summed E-state index contributed by atoms with van der Waals surface area (Å²) in [6.45, 7) is 3.10. The summed E-state index contributed by atoms with van der Waals surface area (Å²) >= 11 is 0. The first-order chi connectivity index (χ1) is 13.5. The minimum Gasteiger partial charge on any atom is -0.477 e. The monoisotopic (exact) mass is 458 g/mol. The van der Waals surface area contributed by atoms with Gasteiger partial charge in [-0.05, 0) is 60.2 Å². The van der Waals surface area contributed by atoms with Crippen LogP contribution < -0.4 is 10.7 Å². The predicted octanol–water partition coefficient (Wildman–Crippen LogP) is 4.33. The Balaban J connectivity index is 0.00000205. The standard InChI is InChI=1S/C22H19FN2O3.BrH/c1-11-15(12-6-13-8-24-9-17(13)19(23)7-12)4-5-16-20(11)25(14-2-3-14)10-18(21(16)26)22(27)28;/h4-7,10,14,24H,2-3,8-9H2,1H3,(H,27,28);1H. The molecular weight excluding hydrogens is 439 g/mol. The van der Waals surface area contributed by atoms with Gasteiger partial charge in [0.05, 0.1) is 5.52 Å². The molecule has 1 aromatic heterocycles. The molecule has 1 saturated carbocycles. The fourth-order valence-electron chi connectivity index (χ4n) is 4.26. The third-order valence-corrected chi connectivity index (χ3v) is 5.83. The average molecular weight is 459 g/mol. The summed E-state index contributed by atoms with van der Waals surface area (Å²) < 4.78 is 16.5. The summed E-state index contributed by atoms with van der Waals surface area (Å²) in [5, 5.41) is 13.0. The van der Waals surface area contributed by atoms with Crippen LogP contribution in [0.3, 0.4) is 0 Å². The first-order valence-electron chi connectivity index (χ1n) is 9.40. The number of fused-ring (bicyclic) bond motifs is 2. The maximum absolute atomic E-state index is 14.5. The van der Waals surface area contributed by atoms with Crippen LogP contribution in [0.5, 0.6) is 0 Å². The molecule has 5 rings (SSSR count). The van der Waals surface area contributed by atoms with Crippen molar-refractivity contribution >= 4 is 33.9 Å². The quantitative estimate of drug-likeness (QED) is 0.612. The number of carboxylic acids is 1. The highest BCUT2D eigenvalue weighted by atomic mass is 79.9. The molecule has 1 fully saturated rings. The molecule has 0 amide bonds. The first-order valence-corrected chi connectivity index (χ1v) is 9.40. The summed E-state index contributed by atoms with van der Waals surface area (Å²) in [5.41, 5.74) is 4.23. The molecule has 150 valence electrons. The van der Waals surface area contributed by atoms with E-state index in [1.165, 1.54) is 6.20 Å². The summed E-state index contributed by atoms with van der Waals surface area (Å²) in [6, 6.07) is 7.22. The average Bonchev–Trinajstić information content (AvgIpc) is 3.39. The Morgan fingerprint density at radius 3 is 2.69 bits per heavy atom. The molecule has 2 aliphatic rings. The van der Waals surface area contributed by atoms with Crippen molar-refractivity contribution in [3.05, 3.63) is 68.8 Å². The number of hydrogen-bond acceptors (Lipinski definition) is 3. The normalized spacial score (nSPS) is 15.2. The molecule has 2 N–H and O–H groups in total. The van der Waals surface area contributed by atoms with Gasteiger partial charge in [0.2, 0.25) is 5.43 Å². The third-order valence-electron chi connectivity index (χ3n) is 5.83. The van der Waals surface area contributed by atoms with Gasteiger partial charge in [0.15, 0.2) is 0 Å². The van der Waals surface area contributed by atoms with Gasteiger partial charge in [-0.25, -0.2) is 9.18 Å². The number of aromatic nitrogens is 1. The lowest BCUT2D eigenvalue weighted by Gasteiger charge is -2.17. The zero-order chi connectivity index (χ0) is 19.6. The Bertz CT molecular complexity index is 1230. The number of aromatic carboxylic acids is 1. The molecule has 2 heterocycles. The number of pyridine rings is 1. The molecule has 0 radical (unpaired) electrons. The van der Waals surface area contributed by atoms with E-state index in [9.17, 15) is 19.1 Å². The van der Waals surface area contributed by atoms with Crippen LogP contribution in [0.25, 0.3) is 22.0 Å². The Hall–Kier alpha value is -2.51. The van der Waals surface area contributed by atoms with Crippen LogP contribution in [0.4, 0.5) is 4.39 Å². The number of benzene rings is 2. The molecular formula is C22H20BrFN2O3. The maximum atomic E-state index is 14.5. The number of nitrogens with one attached hydrogen (secondary N) is 1. The number of hydrogen-bond donors (Lipinski definition) is 2. The lowest BCUT2D eigenvalue weighted by atomic mass is 9.94. The third kappa shape index (κ3) is 3.09. The minimum absolute atomic E-state index is 0. The molecule has 1 aliphatic heterocycles. The van der Waals surface area contributed by atoms with E-state index in [-0.39, 0.29) is 34.4 Å². The molecule has 0 saturated heterocycles. The van der Waals surface area contributed by atoms with Gasteiger partial charge in [-0.2, -0.15) is 0 Å². The van der Waals surface area contributed by atoms with Crippen molar-refractivity contribution in [3.8, 4) is 11.1 Å². The van der Waals surface area contributed by atoms with Gasteiger partial charge in [-0.1, -0.05) is 6.07 Å². The van der Waals surface area contributed by atoms with Crippen LogP contribution in [-0.4, -0.2) is 15.6 Å². The Kier molecular flexibility index (Phi) is 4.83. The zero-order valence-electron chi connectivity index (χ0n) is 15.8. The lowest BCUT2D eigenvalue weighted by molar-refractivity contribution is 0.0695. The summed E-state index contributed by atoms with van der Waals surface area (Å²) in [5.74, 6) is -1.44. The van der Waals surface area contributed by atoms with Gasteiger partial charge in [0.25, 0.3) is 0 Å². The van der Waals surface area contributed by atoms with Crippen molar-refractivity contribution in [3.63, 3.8) is 0 Å². The van der Waals surface area contributed by atoms with Crippen molar-refractivity contribution in [2.24, 2.45) is 0 Å². The molecule has 0 atom stereocenters. The number of nitrogens with zero attached hydrogens (tertiary/aromatic N) is 1. The van der Waals surface area contributed by atoms with Crippen LogP contribution in [0, 0.1) is 12.7 Å². The van der Waals surface area contributed by atoms with Gasteiger partial charge in [-0.3, -0.25) is 4.79 Å². The minimum atomic E-state index is -1.21. The molecule has 5 nitrogen and oxygen atoms in total. The van der Waals surface area contributed by atoms with Crippen molar-refractivity contribution in [1.82, 2.24) is 9.88 Å². The number of halogens is 2. The predicted molar refractivity (Wildman–Crippen MR) is 114 cm³/mol. The molecule has 7 heteroatoms. The largest absolute Gasteiger partial charge is 0.477 e. The fraction of sp³-hybridized carbons (Fsp3) is 0.273. The number of aryl methyl sites for hydroxylation is 1. The van der Waals surface area contributed by atoms with Gasteiger partial charge in [-0.15, -0.1) is 17.0 Å². The SMILES string of the molecule is Br.Cc1c(-c2cc(F)c3c(c2)CNC3)ccc2c(=O)c(C(=O)O)cn(C3CC3)c12. The van der Waals surface area contributed by atoms with Crippen molar-refractivity contribution in [1.29, 1.82) is 0 Å². The van der Waals surface area contributed by atoms with Crippen molar-refractivity contribution in [2.45, 2.75) is 38.9 Å². The summed E-state index contributed by atoms with van der Waals surface area (Å²) in [4.78, 5) is 24.2. The van der Waals surface area contributed by atoms with Crippen LogP contribution in [0.2, 0.25) is 0 Å². The number of rotatable bonds is 3. The Morgan fingerprint density at radius 1 is 1.24 bits per heavy atom.